The Hall–Kier alpha value is -4.13. The van der Waals surface area contributed by atoms with Gasteiger partial charge in [0.05, 0.1) is 26.0 Å². The van der Waals surface area contributed by atoms with Crippen LogP contribution in [0.15, 0.2) is 79.2 Å². The summed E-state index contributed by atoms with van der Waals surface area (Å²) in [5.41, 5.74) is 1.86. The molecule has 3 rings (SSSR count). The van der Waals surface area contributed by atoms with Crippen LogP contribution in [0.2, 0.25) is 0 Å². The molecule has 31 heavy (non-hydrogen) atoms. The summed E-state index contributed by atoms with van der Waals surface area (Å²) in [6.07, 6.45) is 2.66. The second-order valence-corrected chi connectivity index (χ2v) is 6.30. The van der Waals surface area contributed by atoms with Crippen molar-refractivity contribution in [2.24, 2.45) is 0 Å². The Balaban J connectivity index is 1.72. The first-order chi connectivity index (χ1) is 15.1. The highest BCUT2D eigenvalue weighted by atomic mass is 16.5. The molecular formula is C24H21NO6. The number of para-hydroxylation sites is 1. The number of hydrogen-bond acceptors (Lipinski definition) is 7. The van der Waals surface area contributed by atoms with Gasteiger partial charge >= 0.3 is 11.9 Å². The molecule has 0 aliphatic heterocycles. The lowest BCUT2D eigenvalue weighted by molar-refractivity contribution is -0.133. The van der Waals surface area contributed by atoms with Gasteiger partial charge in [0.15, 0.2) is 0 Å². The van der Waals surface area contributed by atoms with E-state index in [0.717, 1.165) is 5.56 Å². The molecule has 0 aliphatic rings. The lowest BCUT2D eigenvalue weighted by atomic mass is 10.1. The van der Waals surface area contributed by atoms with Gasteiger partial charge in [-0.25, -0.2) is 14.6 Å². The molecule has 158 valence electrons. The summed E-state index contributed by atoms with van der Waals surface area (Å²) in [7, 11) is 2.72. The van der Waals surface area contributed by atoms with E-state index in [1.54, 1.807) is 36.4 Å². The molecule has 0 radical (unpaired) electrons. The summed E-state index contributed by atoms with van der Waals surface area (Å²) >= 11 is 0. The van der Waals surface area contributed by atoms with Crippen LogP contribution in [-0.4, -0.2) is 31.1 Å². The number of ether oxygens (including phenoxy) is 4. The number of nitrogens with zero attached hydrogens (tertiary/aromatic N) is 1. The number of hydrogen-bond donors (Lipinski definition) is 0. The van der Waals surface area contributed by atoms with E-state index in [2.05, 4.69) is 4.98 Å². The number of esters is 2. The van der Waals surface area contributed by atoms with Crippen molar-refractivity contribution in [3.05, 3.63) is 95.9 Å². The largest absolute Gasteiger partial charge is 0.503 e. The van der Waals surface area contributed by atoms with Crippen LogP contribution in [0.3, 0.4) is 0 Å². The Kier molecular flexibility index (Phi) is 7.37. The molecule has 7 heteroatoms. The molecule has 2 aromatic carbocycles. The van der Waals surface area contributed by atoms with Gasteiger partial charge in [-0.1, -0.05) is 48.5 Å². The number of carbonyl (C=O) groups excluding carboxylic acids is 2. The predicted molar refractivity (Wildman–Crippen MR) is 113 cm³/mol. The number of carbonyl (C=O) groups is 2. The van der Waals surface area contributed by atoms with Gasteiger partial charge in [0.1, 0.15) is 17.9 Å². The SMILES string of the molecule is CO/C=C(/C(=O)OC)c1ccccc1Oc1ccc(C(=O)OCc2ccccc2)cn1. The van der Waals surface area contributed by atoms with E-state index in [4.69, 9.17) is 18.9 Å². The Morgan fingerprint density at radius 3 is 2.35 bits per heavy atom. The molecule has 1 heterocycles. The fraction of sp³-hybridized carbons (Fsp3) is 0.125. The first-order valence-corrected chi connectivity index (χ1v) is 9.38. The molecule has 0 fully saturated rings. The molecule has 3 aromatic rings. The Bertz CT molecular complexity index is 1060. The molecule has 0 aliphatic carbocycles. The van der Waals surface area contributed by atoms with E-state index in [1.807, 2.05) is 30.3 Å². The van der Waals surface area contributed by atoms with Gasteiger partial charge in [-0.05, 0) is 17.7 Å². The number of methoxy groups -OCH3 is 2. The van der Waals surface area contributed by atoms with Crippen LogP contribution in [-0.2, 0) is 25.6 Å². The third kappa shape index (κ3) is 5.70. The Labute approximate surface area is 179 Å². The number of rotatable bonds is 8. The molecule has 0 bridgehead atoms. The van der Waals surface area contributed by atoms with Crippen molar-refractivity contribution in [2.45, 2.75) is 6.61 Å². The van der Waals surface area contributed by atoms with Crippen LogP contribution in [0, 0.1) is 0 Å². The summed E-state index contributed by atoms with van der Waals surface area (Å²) in [6, 6.07) is 19.4. The second-order valence-electron chi connectivity index (χ2n) is 6.30. The average molecular weight is 419 g/mol. The van der Waals surface area contributed by atoms with Crippen LogP contribution >= 0.6 is 0 Å². The average Bonchev–Trinajstić information content (AvgIpc) is 2.82. The highest BCUT2D eigenvalue weighted by molar-refractivity contribution is 6.17. The van der Waals surface area contributed by atoms with Crippen molar-refractivity contribution >= 4 is 17.5 Å². The van der Waals surface area contributed by atoms with Gasteiger partial charge in [-0.15, -0.1) is 0 Å². The van der Waals surface area contributed by atoms with Crippen molar-refractivity contribution < 1.29 is 28.5 Å². The topological polar surface area (TPSA) is 84.0 Å². The molecule has 0 spiro atoms. The van der Waals surface area contributed by atoms with E-state index in [9.17, 15) is 9.59 Å². The van der Waals surface area contributed by atoms with Crippen molar-refractivity contribution in [1.82, 2.24) is 4.98 Å². The summed E-state index contributed by atoms with van der Waals surface area (Å²) in [5, 5.41) is 0. The quantitative estimate of drug-likeness (QED) is 0.304. The Morgan fingerprint density at radius 2 is 1.68 bits per heavy atom. The molecule has 0 saturated carbocycles. The lowest BCUT2D eigenvalue weighted by Crippen LogP contribution is -2.07. The zero-order valence-electron chi connectivity index (χ0n) is 17.1. The van der Waals surface area contributed by atoms with Crippen molar-refractivity contribution in [3.8, 4) is 11.6 Å². The summed E-state index contributed by atoms with van der Waals surface area (Å²) in [6.45, 7) is 0.174. The molecule has 0 unspecified atom stereocenters. The highest BCUT2D eigenvalue weighted by Gasteiger charge is 2.18. The van der Waals surface area contributed by atoms with Crippen molar-refractivity contribution in [3.63, 3.8) is 0 Å². The molecule has 0 saturated heterocycles. The standard InChI is InChI=1S/C24H21NO6/c1-28-16-20(24(27)29-2)19-10-6-7-11-21(19)31-22-13-12-18(14-25-22)23(26)30-15-17-8-4-3-5-9-17/h3-14,16H,15H2,1-2H3/b20-16+. The maximum Gasteiger partial charge on any atom is 0.341 e. The second kappa shape index (κ2) is 10.6. The third-order valence-electron chi connectivity index (χ3n) is 4.22. The Morgan fingerprint density at radius 1 is 0.935 bits per heavy atom. The van der Waals surface area contributed by atoms with Crippen LogP contribution in [0.25, 0.3) is 5.57 Å². The number of aromatic nitrogens is 1. The van der Waals surface area contributed by atoms with Crippen LogP contribution in [0.1, 0.15) is 21.5 Å². The molecule has 0 amide bonds. The minimum atomic E-state index is -0.567. The number of benzene rings is 2. The predicted octanol–water partition coefficient (Wildman–Crippen LogP) is 4.39. The van der Waals surface area contributed by atoms with Gasteiger partial charge in [-0.2, -0.15) is 0 Å². The summed E-state index contributed by atoms with van der Waals surface area (Å²) in [5.74, 6) is -0.432. The first kappa shape index (κ1) is 21.6. The summed E-state index contributed by atoms with van der Waals surface area (Å²) < 4.78 is 20.9. The third-order valence-corrected chi connectivity index (χ3v) is 4.22. The normalized spacial score (nSPS) is 10.8. The highest BCUT2D eigenvalue weighted by Crippen LogP contribution is 2.30. The zero-order chi connectivity index (χ0) is 22.1. The van der Waals surface area contributed by atoms with Gasteiger partial charge in [-0.3, -0.25) is 0 Å². The first-order valence-electron chi connectivity index (χ1n) is 9.38. The molecule has 0 atom stereocenters. The molecule has 0 N–H and O–H groups in total. The molecule has 7 nitrogen and oxygen atoms in total. The maximum atomic E-state index is 12.2. The van der Waals surface area contributed by atoms with E-state index < -0.39 is 11.9 Å². The fourth-order valence-electron chi connectivity index (χ4n) is 2.71. The van der Waals surface area contributed by atoms with Gasteiger partial charge in [0.2, 0.25) is 5.88 Å². The monoisotopic (exact) mass is 419 g/mol. The van der Waals surface area contributed by atoms with E-state index >= 15 is 0 Å². The van der Waals surface area contributed by atoms with Crippen LogP contribution < -0.4 is 4.74 Å². The van der Waals surface area contributed by atoms with Gasteiger partial charge in [0, 0.05) is 17.8 Å². The van der Waals surface area contributed by atoms with Crippen molar-refractivity contribution in [1.29, 1.82) is 0 Å². The van der Waals surface area contributed by atoms with E-state index in [0.29, 0.717) is 16.9 Å². The molecule has 1 aromatic heterocycles. The zero-order valence-corrected chi connectivity index (χ0v) is 17.1. The van der Waals surface area contributed by atoms with Crippen LogP contribution in [0.4, 0.5) is 0 Å². The van der Waals surface area contributed by atoms with E-state index in [-0.39, 0.29) is 18.1 Å². The smallest absolute Gasteiger partial charge is 0.341 e. The van der Waals surface area contributed by atoms with Gasteiger partial charge in [0.25, 0.3) is 0 Å². The fourth-order valence-corrected chi connectivity index (χ4v) is 2.71. The number of pyridine rings is 1. The lowest BCUT2D eigenvalue weighted by Gasteiger charge is -2.12. The molecular weight excluding hydrogens is 398 g/mol. The van der Waals surface area contributed by atoms with Gasteiger partial charge < -0.3 is 18.9 Å². The summed E-state index contributed by atoms with van der Waals surface area (Å²) in [4.78, 5) is 28.5. The minimum absolute atomic E-state index is 0.174. The van der Waals surface area contributed by atoms with Crippen molar-refractivity contribution in [2.75, 3.05) is 14.2 Å². The maximum absolute atomic E-state index is 12.2. The minimum Gasteiger partial charge on any atom is -0.503 e. The van der Waals surface area contributed by atoms with E-state index in [1.165, 1.54) is 26.7 Å². The van der Waals surface area contributed by atoms with Crippen LogP contribution in [0.5, 0.6) is 11.6 Å².